The number of aliphatic hydroxyl groups excluding tert-OH is 4. The molecule has 2 bridgehead atoms. The summed E-state index contributed by atoms with van der Waals surface area (Å²) in [5, 5.41) is 38.1. The highest BCUT2D eigenvalue weighted by atomic mass is 16.6. The van der Waals surface area contributed by atoms with Gasteiger partial charge in [-0.1, -0.05) is 38.8 Å². The van der Waals surface area contributed by atoms with E-state index in [2.05, 4.69) is 13.8 Å². The van der Waals surface area contributed by atoms with Crippen LogP contribution in [0.2, 0.25) is 0 Å². The topological polar surface area (TPSA) is 118 Å². The largest absolute Gasteiger partial charge is 0.394 e. The van der Waals surface area contributed by atoms with Gasteiger partial charge < -0.3 is 39.4 Å². The second-order valence-electron chi connectivity index (χ2n) is 10.7. The summed E-state index contributed by atoms with van der Waals surface area (Å²) in [5.41, 5.74) is -0.902. The van der Waals surface area contributed by atoms with Crippen molar-refractivity contribution in [3.05, 3.63) is 12.2 Å². The lowest BCUT2D eigenvalue weighted by Crippen LogP contribution is -2.51. The van der Waals surface area contributed by atoms with E-state index >= 15 is 0 Å². The van der Waals surface area contributed by atoms with Crippen molar-refractivity contribution < 1.29 is 39.4 Å². The number of rotatable bonds is 7. The molecule has 196 valence electrons. The first-order valence-electron chi connectivity index (χ1n) is 13.3. The third-order valence-electron chi connectivity index (χ3n) is 8.23. The normalized spacial score (nSPS) is 45.8. The molecule has 4 fully saturated rings. The molecule has 4 N–H and O–H groups in total. The molecule has 0 aromatic heterocycles. The zero-order chi connectivity index (χ0) is 24.3. The number of aliphatic hydroxyl groups is 4. The molecule has 5 aliphatic rings. The van der Waals surface area contributed by atoms with E-state index in [1.165, 1.54) is 6.42 Å². The van der Waals surface area contributed by atoms with E-state index in [-0.39, 0.29) is 43.2 Å². The maximum Gasteiger partial charge on any atom is 0.120 e. The van der Waals surface area contributed by atoms with E-state index in [9.17, 15) is 15.3 Å². The van der Waals surface area contributed by atoms with Crippen LogP contribution in [0.25, 0.3) is 0 Å². The van der Waals surface area contributed by atoms with Crippen molar-refractivity contribution in [2.24, 2.45) is 0 Å². The van der Waals surface area contributed by atoms with Gasteiger partial charge in [0.25, 0.3) is 0 Å². The molecule has 0 radical (unpaired) electrons. The molecule has 8 nitrogen and oxygen atoms in total. The van der Waals surface area contributed by atoms with E-state index in [0.29, 0.717) is 12.5 Å². The van der Waals surface area contributed by atoms with Crippen LogP contribution in [0.1, 0.15) is 78.1 Å². The lowest BCUT2D eigenvalue weighted by Gasteiger charge is -2.40. The molecule has 4 saturated heterocycles. The summed E-state index contributed by atoms with van der Waals surface area (Å²) >= 11 is 0. The second kappa shape index (κ2) is 11.2. The zero-order valence-electron chi connectivity index (χ0n) is 20.7. The Hall–Kier alpha value is -0.580. The number of hydrogen-bond acceptors (Lipinski definition) is 8. The van der Waals surface area contributed by atoms with Crippen LogP contribution in [-0.2, 0) is 18.9 Å². The molecule has 0 aromatic rings. The molecule has 5 rings (SSSR count). The molecule has 0 saturated carbocycles. The minimum Gasteiger partial charge on any atom is -0.394 e. The zero-order valence-corrected chi connectivity index (χ0v) is 20.7. The standard InChI is InChI=1S/C13H24O5.C13H20O3/c1-2-3-9-4-5-12-13(8-15,18-9)6-11(17-12)10(16)7-14;1-2-3-9-4-5-12-13(16-9)7-6-10(14)11(8-13)15-12/h9-12,14-16H,2-8H2,1H3;6-7,9-12,14H,2-5,8H2,1H3/t9-,10+,11+,12-,13+;9-,10?,11+,12-,13-/m00/s1. The summed E-state index contributed by atoms with van der Waals surface area (Å²) < 4.78 is 23.9. The predicted molar refractivity (Wildman–Crippen MR) is 125 cm³/mol. The van der Waals surface area contributed by atoms with E-state index in [1.54, 1.807) is 0 Å². The minimum absolute atomic E-state index is 0.0459. The van der Waals surface area contributed by atoms with Crippen LogP contribution in [0.5, 0.6) is 0 Å². The van der Waals surface area contributed by atoms with Crippen molar-refractivity contribution in [3.63, 3.8) is 0 Å². The van der Waals surface area contributed by atoms with Gasteiger partial charge in [0.05, 0.1) is 55.9 Å². The van der Waals surface area contributed by atoms with Crippen LogP contribution in [0.15, 0.2) is 12.2 Å². The minimum atomic E-state index is -0.896. The van der Waals surface area contributed by atoms with Gasteiger partial charge in [-0.3, -0.25) is 0 Å². The highest BCUT2D eigenvalue weighted by molar-refractivity contribution is 5.21. The van der Waals surface area contributed by atoms with Gasteiger partial charge in [0.2, 0.25) is 0 Å². The molecule has 10 atom stereocenters. The van der Waals surface area contributed by atoms with Crippen LogP contribution < -0.4 is 0 Å². The maximum atomic E-state index is 9.74. The molecule has 4 heterocycles. The summed E-state index contributed by atoms with van der Waals surface area (Å²) in [4.78, 5) is 0. The fourth-order valence-electron chi connectivity index (χ4n) is 6.40. The van der Waals surface area contributed by atoms with Crippen LogP contribution in [0.3, 0.4) is 0 Å². The van der Waals surface area contributed by atoms with Gasteiger partial charge in [0, 0.05) is 12.8 Å². The van der Waals surface area contributed by atoms with Crippen LogP contribution in [0, 0.1) is 0 Å². The van der Waals surface area contributed by atoms with Gasteiger partial charge in [-0.05, 0) is 38.5 Å². The van der Waals surface area contributed by atoms with Crippen molar-refractivity contribution >= 4 is 0 Å². The first-order chi connectivity index (χ1) is 16.4. The predicted octanol–water partition coefficient (Wildman–Crippen LogP) is 2.00. The van der Waals surface area contributed by atoms with Gasteiger partial charge in [0.15, 0.2) is 0 Å². The third kappa shape index (κ3) is 5.25. The summed E-state index contributed by atoms with van der Waals surface area (Å²) in [5.74, 6) is 0. The summed E-state index contributed by atoms with van der Waals surface area (Å²) in [7, 11) is 0. The highest BCUT2D eigenvalue weighted by Crippen LogP contribution is 2.46. The number of hydrogen-bond donors (Lipinski definition) is 4. The second-order valence-corrected chi connectivity index (χ2v) is 10.7. The summed E-state index contributed by atoms with van der Waals surface area (Å²) in [6.45, 7) is 3.90. The molecule has 0 amide bonds. The monoisotopic (exact) mass is 484 g/mol. The lowest BCUT2D eigenvalue weighted by atomic mass is 9.82. The Morgan fingerprint density at radius 3 is 2.24 bits per heavy atom. The summed E-state index contributed by atoms with van der Waals surface area (Å²) in [6, 6.07) is 0. The van der Waals surface area contributed by atoms with Gasteiger partial charge >= 0.3 is 0 Å². The van der Waals surface area contributed by atoms with E-state index in [4.69, 9.17) is 24.1 Å². The average molecular weight is 485 g/mol. The molecule has 0 aromatic carbocycles. The van der Waals surface area contributed by atoms with Crippen molar-refractivity contribution in [1.29, 1.82) is 0 Å². The van der Waals surface area contributed by atoms with Crippen molar-refractivity contribution in [2.75, 3.05) is 13.2 Å². The van der Waals surface area contributed by atoms with Gasteiger partial charge in [-0.25, -0.2) is 0 Å². The molecule has 4 aliphatic heterocycles. The Kier molecular flexibility index (Phi) is 8.74. The van der Waals surface area contributed by atoms with Crippen LogP contribution >= 0.6 is 0 Å². The fraction of sp³-hybridized carbons (Fsp3) is 0.923. The molecular weight excluding hydrogens is 440 g/mol. The molecular formula is C26H44O8. The number of fused-ring (bicyclic) bond motifs is 2. The molecule has 34 heavy (non-hydrogen) atoms. The highest BCUT2D eigenvalue weighted by Gasteiger charge is 2.55. The SMILES string of the molecule is CCC[C@H]1CC[C@@H]2O[C@@H]([C@H](O)CO)C[C@]2(CO)O1.CCC[C@H]1CC[C@@H]2O[C@@H]3C[C@]2(C=CC3O)O1. The Labute approximate surface area is 203 Å². The Morgan fingerprint density at radius 1 is 0.912 bits per heavy atom. The van der Waals surface area contributed by atoms with Gasteiger partial charge in [0.1, 0.15) is 17.3 Å². The van der Waals surface area contributed by atoms with E-state index in [1.807, 2.05) is 12.2 Å². The van der Waals surface area contributed by atoms with E-state index < -0.39 is 23.9 Å². The van der Waals surface area contributed by atoms with Crippen molar-refractivity contribution in [2.45, 2.75) is 138 Å². The van der Waals surface area contributed by atoms with Gasteiger partial charge in [-0.2, -0.15) is 0 Å². The Bertz CT molecular complexity index is 688. The van der Waals surface area contributed by atoms with Crippen LogP contribution in [0.4, 0.5) is 0 Å². The molecule has 8 heteroatoms. The lowest BCUT2D eigenvalue weighted by molar-refractivity contribution is -0.185. The first-order valence-corrected chi connectivity index (χ1v) is 13.3. The Balaban J connectivity index is 0.000000162. The fourth-order valence-corrected chi connectivity index (χ4v) is 6.40. The summed E-state index contributed by atoms with van der Waals surface area (Å²) in [6.07, 6.45) is 12.2. The quantitative estimate of drug-likeness (QED) is 0.406. The number of ether oxygens (including phenoxy) is 4. The molecule has 1 aliphatic carbocycles. The molecule has 1 spiro atoms. The first kappa shape index (κ1) is 26.5. The smallest absolute Gasteiger partial charge is 0.120 e. The van der Waals surface area contributed by atoms with Gasteiger partial charge in [-0.15, -0.1) is 0 Å². The molecule has 1 unspecified atom stereocenters. The maximum absolute atomic E-state index is 9.74. The third-order valence-corrected chi connectivity index (χ3v) is 8.23. The van der Waals surface area contributed by atoms with Crippen LogP contribution in [-0.4, -0.2) is 93.7 Å². The Morgan fingerprint density at radius 2 is 1.59 bits per heavy atom. The van der Waals surface area contributed by atoms with E-state index in [0.717, 1.165) is 51.4 Å². The van der Waals surface area contributed by atoms with Crippen molar-refractivity contribution in [1.82, 2.24) is 0 Å². The van der Waals surface area contributed by atoms with Crippen molar-refractivity contribution in [3.8, 4) is 0 Å². The average Bonchev–Trinajstić information content (AvgIpc) is 3.38.